The van der Waals surface area contributed by atoms with Gasteiger partial charge in [0.15, 0.2) is 0 Å². The van der Waals surface area contributed by atoms with Gasteiger partial charge in [0.2, 0.25) is 5.60 Å². The number of ether oxygens (including phenoxy) is 2. The molecule has 7 heteroatoms. The van der Waals surface area contributed by atoms with Crippen molar-refractivity contribution in [1.29, 1.82) is 0 Å². The minimum atomic E-state index is -1.46. The highest BCUT2D eigenvalue weighted by molar-refractivity contribution is 6.02. The van der Waals surface area contributed by atoms with Crippen molar-refractivity contribution in [3.8, 4) is 12.3 Å². The maximum absolute atomic E-state index is 12.8. The van der Waals surface area contributed by atoms with Gasteiger partial charge < -0.3 is 19.5 Å². The van der Waals surface area contributed by atoms with Gasteiger partial charge >= 0.3 is 5.97 Å². The van der Waals surface area contributed by atoms with Crippen LogP contribution in [-0.4, -0.2) is 46.6 Å². The summed E-state index contributed by atoms with van der Waals surface area (Å²) >= 11 is 0. The normalized spacial score (nSPS) is 24.5. The number of likely N-dealkylation sites (tertiary alicyclic amines) is 1. The highest BCUT2D eigenvalue weighted by Gasteiger charge is 2.50. The number of piperidine rings is 1. The molecule has 3 aliphatic heterocycles. The summed E-state index contributed by atoms with van der Waals surface area (Å²) < 4.78 is 12.2. The van der Waals surface area contributed by atoms with E-state index < -0.39 is 17.5 Å². The molecule has 3 heterocycles. The van der Waals surface area contributed by atoms with E-state index in [0.717, 1.165) is 12.8 Å². The van der Waals surface area contributed by atoms with Crippen LogP contribution in [0, 0.1) is 12.3 Å². The van der Waals surface area contributed by atoms with Gasteiger partial charge in [0.05, 0.1) is 18.6 Å². The van der Waals surface area contributed by atoms with Crippen molar-refractivity contribution in [1.82, 2.24) is 4.90 Å². The number of amides is 1. The van der Waals surface area contributed by atoms with E-state index in [0.29, 0.717) is 26.1 Å². The number of rotatable bonds is 5. The minimum Gasteiger partial charge on any atom is -0.478 e. The van der Waals surface area contributed by atoms with Crippen LogP contribution in [0.1, 0.15) is 50.2 Å². The van der Waals surface area contributed by atoms with Crippen molar-refractivity contribution in [3.05, 3.63) is 47.0 Å². The number of carbonyl (C=O) groups excluding carboxylic acids is 1. The number of carbonyl (C=O) groups is 2. The lowest BCUT2D eigenvalue weighted by atomic mass is 9.84. The molecule has 1 atom stereocenters. The van der Waals surface area contributed by atoms with Crippen LogP contribution < -0.4 is 0 Å². The Hall–Kier alpha value is -3.11. The van der Waals surface area contributed by atoms with Crippen molar-refractivity contribution < 1.29 is 24.2 Å². The number of aliphatic imine (C=N–C) groups is 1. The van der Waals surface area contributed by atoms with Crippen LogP contribution in [-0.2, 0) is 31.3 Å². The van der Waals surface area contributed by atoms with Crippen LogP contribution in [0.5, 0.6) is 0 Å². The molecule has 1 fully saturated rings. The van der Waals surface area contributed by atoms with Gasteiger partial charge in [-0.3, -0.25) is 4.79 Å². The average molecular weight is 422 g/mol. The Morgan fingerprint density at radius 2 is 2.10 bits per heavy atom. The topological polar surface area (TPSA) is 88.4 Å². The van der Waals surface area contributed by atoms with Gasteiger partial charge in [0.25, 0.3) is 11.9 Å². The van der Waals surface area contributed by atoms with Crippen LogP contribution in [0.2, 0.25) is 0 Å². The second-order valence-corrected chi connectivity index (χ2v) is 8.22. The summed E-state index contributed by atoms with van der Waals surface area (Å²) in [7, 11) is 0. The molecule has 7 nitrogen and oxygen atoms in total. The molecular weight excluding hydrogens is 396 g/mol. The third-order valence-electron chi connectivity index (χ3n) is 6.32. The van der Waals surface area contributed by atoms with Crippen molar-refractivity contribution in [2.45, 2.75) is 56.8 Å². The van der Waals surface area contributed by atoms with Gasteiger partial charge in [0, 0.05) is 25.1 Å². The first-order valence-corrected chi connectivity index (χ1v) is 10.6. The molecule has 1 saturated heterocycles. The van der Waals surface area contributed by atoms with E-state index >= 15 is 0 Å². The number of carboxylic acids is 1. The third-order valence-corrected chi connectivity index (χ3v) is 6.32. The number of hydrogen-bond acceptors (Lipinski definition) is 5. The van der Waals surface area contributed by atoms with E-state index in [1.165, 1.54) is 11.1 Å². The predicted octanol–water partition coefficient (Wildman–Crippen LogP) is 2.99. The number of fused-ring (bicyclic) bond motifs is 2. The lowest BCUT2D eigenvalue weighted by Crippen LogP contribution is -2.47. The van der Waals surface area contributed by atoms with Gasteiger partial charge in [-0.1, -0.05) is 37.3 Å². The second kappa shape index (κ2) is 8.20. The van der Waals surface area contributed by atoms with Crippen LogP contribution in [0.15, 0.2) is 40.9 Å². The summed E-state index contributed by atoms with van der Waals surface area (Å²) in [6.45, 7) is 3.67. The van der Waals surface area contributed by atoms with E-state index in [9.17, 15) is 14.7 Å². The standard InChI is InChI=1S/C24H26N2O5/c1-3-7-17(20(27)28)15-24(10-4-2)21(29)25-22(31-24)26-13-11-23(12-14-26)19-9-6-5-8-18(19)16-30-23/h2,5-9H,3,10-16H2,1H3,(H,27,28). The largest absolute Gasteiger partial charge is 0.478 e. The first-order valence-electron chi connectivity index (χ1n) is 10.6. The molecule has 31 heavy (non-hydrogen) atoms. The minimum absolute atomic E-state index is 0.0402. The maximum Gasteiger partial charge on any atom is 0.331 e. The first-order chi connectivity index (χ1) is 14.9. The molecule has 3 aliphatic rings. The zero-order valence-electron chi connectivity index (χ0n) is 17.6. The Morgan fingerprint density at radius 3 is 2.77 bits per heavy atom. The molecule has 1 aromatic rings. The molecule has 0 radical (unpaired) electrons. The van der Waals surface area contributed by atoms with Crippen molar-refractivity contribution in [2.24, 2.45) is 4.99 Å². The molecule has 1 N–H and O–H groups in total. The highest BCUT2D eigenvalue weighted by Crippen LogP contribution is 2.44. The van der Waals surface area contributed by atoms with Crippen LogP contribution >= 0.6 is 0 Å². The summed E-state index contributed by atoms with van der Waals surface area (Å²) in [6, 6.07) is 8.49. The highest BCUT2D eigenvalue weighted by atomic mass is 16.5. The van der Waals surface area contributed by atoms with Gasteiger partial charge in [-0.05, 0) is 30.4 Å². The molecule has 0 aliphatic carbocycles. The number of nitrogens with zero attached hydrogens (tertiary/aromatic N) is 2. The van der Waals surface area contributed by atoms with Gasteiger partial charge in [0.1, 0.15) is 0 Å². The molecule has 1 spiro atoms. The SMILES string of the molecule is C#CCC1(CC(=CCC)C(=O)O)OC(N2CCC3(CC2)OCc2ccccc23)=NC1=O. The summed E-state index contributed by atoms with van der Waals surface area (Å²) in [4.78, 5) is 30.5. The van der Waals surface area contributed by atoms with Gasteiger partial charge in [-0.25, -0.2) is 4.79 Å². The number of allylic oxidation sites excluding steroid dienone is 1. The predicted molar refractivity (Wildman–Crippen MR) is 114 cm³/mol. The molecular formula is C24H26N2O5. The summed E-state index contributed by atoms with van der Waals surface area (Å²) in [5, 5.41) is 9.50. The third kappa shape index (κ3) is 3.72. The first kappa shape index (κ1) is 21.1. The average Bonchev–Trinajstić information content (AvgIpc) is 3.27. The summed E-state index contributed by atoms with van der Waals surface area (Å²) in [5.41, 5.74) is 0.785. The van der Waals surface area contributed by atoms with Crippen LogP contribution in [0.4, 0.5) is 0 Å². The zero-order valence-corrected chi connectivity index (χ0v) is 17.6. The Morgan fingerprint density at radius 1 is 1.35 bits per heavy atom. The van der Waals surface area contributed by atoms with E-state index in [1.807, 2.05) is 24.0 Å². The fourth-order valence-electron chi connectivity index (χ4n) is 4.66. The number of hydrogen-bond donors (Lipinski definition) is 1. The van der Waals surface area contributed by atoms with E-state index in [2.05, 4.69) is 23.0 Å². The fraction of sp³-hybridized carbons (Fsp3) is 0.458. The van der Waals surface area contributed by atoms with E-state index in [-0.39, 0.29) is 30.0 Å². The molecule has 0 saturated carbocycles. The monoisotopic (exact) mass is 422 g/mol. The summed E-state index contributed by atoms with van der Waals surface area (Å²) in [6.07, 6.45) is 8.96. The quantitative estimate of drug-likeness (QED) is 0.580. The lowest BCUT2D eigenvalue weighted by Gasteiger charge is -2.40. The van der Waals surface area contributed by atoms with Crippen molar-refractivity contribution in [2.75, 3.05) is 13.1 Å². The lowest BCUT2D eigenvalue weighted by molar-refractivity contribution is -0.135. The zero-order chi connectivity index (χ0) is 22.1. The van der Waals surface area contributed by atoms with Crippen molar-refractivity contribution >= 4 is 17.9 Å². The van der Waals surface area contributed by atoms with Crippen molar-refractivity contribution in [3.63, 3.8) is 0 Å². The molecule has 0 bridgehead atoms. The Kier molecular flexibility index (Phi) is 5.59. The smallest absolute Gasteiger partial charge is 0.331 e. The fourth-order valence-corrected chi connectivity index (χ4v) is 4.66. The number of benzene rings is 1. The number of terminal acetylenes is 1. The molecule has 1 amide bonds. The molecule has 162 valence electrons. The Balaban J connectivity index is 1.49. The maximum atomic E-state index is 12.8. The van der Waals surface area contributed by atoms with Crippen LogP contribution in [0.25, 0.3) is 0 Å². The second-order valence-electron chi connectivity index (χ2n) is 8.22. The Labute approximate surface area is 181 Å². The number of amidine groups is 1. The molecule has 0 aromatic heterocycles. The molecule has 1 aromatic carbocycles. The van der Waals surface area contributed by atoms with Gasteiger partial charge in [-0.2, -0.15) is 4.99 Å². The number of aliphatic carboxylic acids is 1. The Bertz CT molecular complexity index is 997. The van der Waals surface area contributed by atoms with Gasteiger partial charge in [-0.15, -0.1) is 12.3 Å². The summed E-state index contributed by atoms with van der Waals surface area (Å²) in [5.74, 6) is 0.858. The van der Waals surface area contributed by atoms with E-state index in [4.69, 9.17) is 15.9 Å². The van der Waals surface area contributed by atoms with Crippen LogP contribution in [0.3, 0.4) is 0 Å². The number of carboxylic acid groups (broad SMARTS) is 1. The van der Waals surface area contributed by atoms with E-state index in [1.54, 1.807) is 6.08 Å². The molecule has 1 unspecified atom stereocenters. The molecule has 4 rings (SSSR count).